The molecule has 0 aromatic heterocycles. The van der Waals surface area contributed by atoms with Crippen molar-refractivity contribution in [2.75, 3.05) is 25.0 Å². The lowest BCUT2D eigenvalue weighted by Crippen LogP contribution is -2.52. The van der Waals surface area contributed by atoms with Crippen LogP contribution in [0.2, 0.25) is 0 Å². The molecule has 232 valence electrons. The van der Waals surface area contributed by atoms with Crippen LogP contribution in [0.15, 0.2) is 30.3 Å². The molecule has 1 saturated heterocycles. The van der Waals surface area contributed by atoms with Crippen molar-refractivity contribution < 1.29 is 51.4 Å². The van der Waals surface area contributed by atoms with Gasteiger partial charge in [-0.25, -0.2) is 8.78 Å². The van der Waals surface area contributed by atoms with Crippen LogP contribution in [-0.2, 0) is 29.4 Å². The number of ketones is 1. The Morgan fingerprint density at radius 2 is 1.67 bits per heavy atom. The fourth-order valence-electron chi connectivity index (χ4n) is 4.57. The van der Waals surface area contributed by atoms with E-state index in [0.29, 0.717) is 12.1 Å². The summed E-state index contributed by atoms with van der Waals surface area (Å²) < 4.78 is 59.2. The minimum Gasteiger partial charge on any atom is -0.481 e. The van der Waals surface area contributed by atoms with Crippen molar-refractivity contribution >= 4 is 35.2 Å². The van der Waals surface area contributed by atoms with Crippen LogP contribution in [0.5, 0.6) is 5.75 Å². The van der Waals surface area contributed by atoms with E-state index in [1.54, 1.807) is 18.2 Å². The number of carbonyl (C=O) groups is 5. The Hall–Kier alpha value is -4.49. The topological polar surface area (TPSA) is 142 Å². The summed E-state index contributed by atoms with van der Waals surface area (Å²) in [4.78, 5) is 63.9. The van der Waals surface area contributed by atoms with Gasteiger partial charge in [0.05, 0.1) is 12.3 Å². The minimum absolute atomic E-state index is 0.0561. The van der Waals surface area contributed by atoms with Gasteiger partial charge in [0.1, 0.15) is 12.6 Å². The summed E-state index contributed by atoms with van der Waals surface area (Å²) >= 11 is 0. The van der Waals surface area contributed by atoms with Gasteiger partial charge in [-0.05, 0) is 29.9 Å². The second kappa shape index (κ2) is 13.7. The molecule has 43 heavy (non-hydrogen) atoms. The van der Waals surface area contributed by atoms with Crippen molar-refractivity contribution in [3.8, 4) is 5.75 Å². The number of rotatable bonds is 9. The van der Waals surface area contributed by atoms with E-state index >= 15 is 0 Å². The molecule has 10 nitrogen and oxygen atoms in total. The van der Waals surface area contributed by atoms with Gasteiger partial charge in [-0.3, -0.25) is 24.0 Å². The zero-order chi connectivity index (χ0) is 32.1. The predicted octanol–water partition coefficient (Wildman–Crippen LogP) is 3.33. The third-order valence-corrected chi connectivity index (χ3v) is 6.77. The average Bonchev–Trinajstić information content (AvgIpc) is 2.94. The molecule has 1 fully saturated rings. The first-order chi connectivity index (χ1) is 20.1. The molecule has 3 rings (SSSR count). The summed E-state index contributed by atoms with van der Waals surface area (Å²) in [6.07, 6.45) is -0.380. The molecule has 2 aromatic rings. The number of likely N-dealkylation sites (tertiary alicyclic amines) is 1. The number of ether oxygens (including phenoxy) is 1. The molecule has 0 spiro atoms. The van der Waals surface area contributed by atoms with E-state index < -0.39 is 83.5 Å². The number of amides is 3. The van der Waals surface area contributed by atoms with Gasteiger partial charge in [0.2, 0.25) is 17.5 Å². The van der Waals surface area contributed by atoms with Crippen molar-refractivity contribution in [1.82, 2.24) is 10.2 Å². The average molecular weight is 610 g/mol. The fraction of sp³-hybridized carbons (Fsp3) is 0.414. The van der Waals surface area contributed by atoms with Crippen LogP contribution in [0.3, 0.4) is 0 Å². The molecule has 14 heteroatoms. The number of aliphatic carboxylic acids is 1. The second-order valence-corrected chi connectivity index (χ2v) is 11.1. The quantitative estimate of drug-likeness (QED) is 0.225. The van der Waals surface area contributed by atoms with Crippen molar-refractivity contribution in [2.45, 2.75) is 51.5 Å². The standard InChI is InChI=1S/C29H31F4N3O7/c1-29(2,3)16-8-4-5-9-19(16)34-27(41)28(42)36-10-6-7-15(13-36)26(40)35-20(12-22(38)39)21(37)14-43-25-23(32)17(30)11-18(31)24(25)33/h4-5,8-9,11,15,20H,6-7,10,12-14H2,1-3H3,(H,34,41)(H,35,40)(H,38,39). The van der Waals surface area contributed by atoms with E-state index in [4.69, 9.17) is 0 Å². The molecule has 3 amide bonds. The number of nitrogens with zero attached hydrogens (tertiary/aromatic N) is 1. The van der Waals surface area contributed by atoms with E-state index in [2.05, 4.69) is 15.4 Å². The third kappa shape index (κ3) is 8.30. The molecule has 3 N–H and O–H groups in total. The molecular weight excluding hydrogens is 578 g/mol. The highest BCUT2D eigenvalue weighted by atomic mass is 19.2. The highest BCUT2D eigenvalue weighted by Gasteiger charge is 2.34. The SMILES string of the molecule is CC(C)(C)c1ccccc1NC(=O)C(=O)N1CCCC(C(=O)NC(CC(=O)O)C(=O)COc2c(F)c(F)cc(F)c2F)C1. The lowest BCUT2D eigenvalue weighted by atomic mass is 9.86. The van der Waals surface area contributed by atoms with Crippen LogP contribution in [0.25, 0.3) is 0 Å². The summed E-state index contributed by atoms with van der Waals surface area (Å²) in [7, 11) is 0. The molecule has 1 heterocycles. The van der Waals surface area contributed by atoms with Crippen LogP contribution in [-0.4, -0.2) is 65.2 Å². The minimum atomic E-state index is -1.90. The first-order valence-electron chi connectivity index (χ1n) is 13.3. The molecular formula is C29H31F4N3O7. The van der Waals surface area contributed by atoms with Gasteiger partial charge in [0.15, 0.2) is 23.2 Å². The Morgan fingerprint density at radius 3 is 2.28 bits per heavy atom. The predicted molar refractivity (Wildman–Crippen MR) is 144 cm³/mol. The maximum absolute atomic E-state index is 13.9. The lowest BCUT2D eigenvalue weighted by Gasteiger charge is -2.32. The Morgan fingerprint density at radius 1 is 1.05 bits per heavy atom. The second-order valence-electron chi connectivity index (χ2n) is 11.1. The number of Topliss-reactive ketones (excluding diaryl/α,β-unsaturated/α-hetero) is 1. The number of carbonyl (C=O) groups excluding carboxylic acids is 4. The number of halogens is 4. The number of benzene rings is 2. The Bertz CT molecular complexity index is 1400. The van der Waals surface area contributed by atoms with Gasteiger partial charge in [-0.2, -0.15) is 8.78 Å². The molecule has 2 unspecified atom stereocenters. The number of hydrogen-bond acceptors (Lipinski definition) is 6. The van der Waals surface area contributed by atoms with Crippen LogP contribution >= 0.6 is 0 Å². The van der Waals surface area contributed by atoms with E-state index in [-0.39, 0.29) is 31.0 Å². The monoisotopic (exact) mass is 609 g/mol. The smallest absolute Gasteiger partial charge is 0.313 e. The molecule has 1 aliphatic heterocycles. The highest BCUT2D eigenvalue weighted by molar-refractivity contribution is 6.39. The number of para-hydroxylation sites is 1. The maximum atomic E-state index is 13.9. The van der Waals surface area contributed by atoms with Crippen molar-refractivity contribution in [3.05, 3.63) is 59.2 Å². The highest BCUT2D eigenvalue weighted by Crippen LogP contribution is 2.30. The summed E-state index contributed by atoms with van der Waals surface area (Å²) in [5.41, 5.74) is 0.933. The summed E-state index contributed by atoms with van der Waals surface area (Å²) in [5, 5.41) is 14.1. The van der Waals surface area contributed by atoms with Gasteiger partial charge < -0.3 is 25.4 Å². The molecule has 2 atom stereocenters. The maximum Gasteiger partial charge on any atom is 0.313 e. The Balaban J connectivity index is 1.66. The number of hydrogen-bond donors (Lipinski definition) is 3. The van der Waals surface area contributed by atoms with E-state index in [0.717, 1.165) is 5.56 Å². The van der Waals surface area contributed by atoms with Crippen molar-refractivity contribution in [1.29, 1.82) is 0 Å². The van der Waals surface area contributed by atoms with Gasteiger partial charge in [-0.15, -0.1) is 0 Å². The molecule has 0 aliphatic carbocycles. The van der Waals surface area contributed by atoms with Crippen LogP contribution in [0.1, 0.15) is 45.6 Å². The number of piperidine rings is 1. The zero-order valence-corrected chi connectivity index (χ0v) is 23.6. The molecule has 1 aliphatic rings. The first kappa shape index (κ1) is 33.0. The largest absolute Gasteiger partial charge is 0.481 e. The summed E-state index contributed by atoms with van der Waals surface area (Å²) in [6.45, 7) is 4.58. The molecule has 0 radical (unpaired) electrons. The number of nitrogens with one attached hydrogen (secondary N) is 2. The Labute approximate surface area is 244 Å². The van der Waals surface area contributed by atoms with E-state index in [1.165, 1.54) is 4.90 Å². The van der Waals surface area contributed by atoms with Gasteiger partial charge >= 0.3 is 17.8 Å². The van der Waals surface area contributed by atoms with E-state index in [9.17, 15) is 46.6 Å². The van der Waals surface area contributed by atoms with Crippen LogP contribution < -0.4 is 15.4 Å². The van der Waals surface area contributed by atoms with E-state index in [1.807, 2.05) is 26.8 Å². The summed E-state index contributed by atoms with van der Waals surface area (Å²) in [6, 6.07) is 5.20. The Kier molecular flexibility index (Phi) is 10.5. The van der Waals surface area contributed by atoms with Gasteiger partial charge in [0, 0.05) is 24.8 Å². The molecule has 2 aromatic carbocycles. The lowest BCUT2D eigenvalue weighted by molar-refractivity contribution is -0.145. The first-order valence-corrected chi connectivity index (χ1v) is 13.3. The number of carboxylic acids is 1. The van der Waals surface area contributed by atoms with Crippen LogP contribution in [0.4, 0.5) is 23.2 Å². The van der Waals surface area contributed by atoms with Crippen LogP contribution in [0, 0.1) is 29.2 Å². The molecule has 0 bridgehead atoms. The van der Waals surface area contributed by atoms with Crippen molar-refractivity contribution in [3.63, 3.8) is 0 Å². The summed E-state index contributed by atoms with van der Waals surface area (Å²) in [5.74, 6) is -15.1. The van der Waals surface area contributed by atoms with Gasteiger partial charge in [-0.1, -0.05) is 39.0 Å². The number of carboxylic acid groups (broad SMARTS) is 1. The fourth-order valence-corrected chi connectivity index (χ4v) is 4.57. The van der Waals surface area contributed by atoms with Gasteiger partial charge in [0.25, 0.3) is 0 Å². The molecule has 0 saturated carbocycles. The van der Waals surface area contributed by atoms with Crippen molar-refractivity contribution in [2.24, 2.45) is 5.92 Å². The third-order valence-electron chi connectivity index (χ3n) is 6.77. The normalized spacial score (nSPS) is 15.8. The number of anilines is 1. The zero-order valence-electron chi connectivity index (χ0n) is 23.6.